The van der Waals surface area contributed by atoms with Crippen molar-refractivity contribution in [3.8, 4) is 0 Å². The summed E-state index contributed by atoms with van der Waals surface area (Å²) >= 11 is 0. The van der Waals surface area contributed by atoms with E-state index in [2.05, 4.69) is 4.72 Å². The standard InChI is InChI=1S/C11H15NO6S/c1-7-2-3-8(11(15)16)4-10(7)19(17,18)12-9(5-13)6-14/h2-4,9,12-14H,5-6H2,1H3,(H,15,16). The molecule has 7 nitrogen and oxygen atoms in total. The zero-order valence-electron chi connectivity index (χ0n) is 10.2. The van der Waals surface area contributed by atoms with E-state index in [0.29, 0.717) is 5.56 Å². The minimum absolute atomic E-state index is 0.157. The Morgan fingerprint density at radius 2 is 1.89 bits per heavy atom. The molecule has 0 heterocycles. The van der Waals surface area contributed by atoms with Gasteiger partial charge in [-0.25, -0.2) is 17.9 Å². The molecular formula is C11H15NO6S. The van der Waals surface area contributed by atoms with Crippen molar-refractivity contribution >= 4 is 16.0 Å². The number of aliphatic hydroxyl groups excluding tert-OH is 2. The molecule has 0 bridgehead atoms. The molecular weight excluding hydrogens is 274 g/mol. The van der Waals surface area contributed by atoms with Gasteiger partial charge in [0.1, 0.15) is 0 Å². The lowest BCUT2D eigenvalue weighted by Gasteiger charge is -2.15. The van der Waals surface area contributed by atoms with Crippen LogP contribution in [0, 0.1) is 6.92 Å². The molecule has 0 fully saturated rings. The van der Waals surface area contributed by atoms with Gasteiger partial charge in [0.25, 0.3) is 0 Å². The predicted molar refractivity (Wildman–Crippen MR) is 66.4 cm³/mol. The van der Waals surface area contributed by atoms with Gasteiger partial charge in [-0.05, 0) is 24.6 Å². The first kappa shape index (κ1) is 15.6. The third kappa shape index (κ3) is 3.74. The second kappa shape index (κ2) is 6.11. The molecule has 4 N–H and O–H groups in total. The molecule has 1 aromatic carbocycles. The molecule has 0 saturated heterocycles. The number of aryl methyl sites for hydroxylation is 1. The summed E-state index contributed by atoms with van der Waals surface area (Å²) in [5.41, 5.74) is 0.211. The Morgan fingerprint density at radius 1 is 1.32 bits per heavy atom. The van der Waals surface area contributed by atoms with Crippen molar-refractivity contribution in [2.45, 2.75) is 17.9 Å². The second-order valence-electron chi connectivity index (χ2n) is 3.97. The van der Waals surface area contributed by atoms with Crippen LogP contribution in [0.2, 0.25) is 0 Å². The minimum atomic E-state index is -4.00. The van der Waals surface area contributed by atoms with Gasteiger partial charge in [-0.2, -0.15) is 0 Å². The SMILES string of the molecule is Cc1ccc(C(=O)O)cc1S(=O)(=O)NC(CO)CO. The van der Waals surface area contributed by atoms with Crippen LogP contribution in [0.3, 0.4) is 0 Å². The van der Waals surface area contributed by atoms with Crippen molar-refractivity contribution in [3.05, 3.63) is 29.3 Å². The predicted octanol–water partition coefficient (Wildman–Crippen LogP) is -0.675. The number of carboxylic acid groups (broad SMARTS) is 1. The Hall–Kier alpha value is -1.48. The van der Waals surface area contributed by atoms with Crippen molar-refractivity contribution in [1.29, 1.82) is 0 Å². The van der Waals surface area contributed by atoms with Crippen LogP contribution in [0.1, 0.15) is 15.9 Å². The average Bonchev–Trinajstić information content (AvgIpc) is 2.35. The maximum Gasteiger partial charge on any atom is 0.335 e. The van der Waals surface area contributed by atoms with E-state index in [1.807, 2.05) is 0 Å². The van der Waals surface area contributed by atoms with Crippen molar-refractivity contribution in [2.75, 3.05) is 13.2 Å². The summed E-state index contributed by atoms with van der Waals surface area (Å²) in [5.74, 6) is -1.24. The fourth-order valence-corrected chi connectivity index (χ4v) is 2.93. The number of carbonyl (C=O) groups is 1. The fourth-order valence-electron chi connectivity index (χ4n) is 1.44. The lowest BCUT2D eigenvalue weighted by atomic mass is 10.1. The van der Waals surface area contributed by atoms with E-state index in [9.17, 15) is 13.2 Å². The Kier molecular flexibility index (Phi) is 5.01. The quantitative estimate of drug-likeness (QED) is 0.550. The van der Waals surface area contributed by atoms with Gasteiger partial charge < -0.3 is 15.3 Å². The van der Waals surface area contributed by atoms with Gasteiger partial charge in [-0.15, -0.1) is 0 Å². The minimum Gasteiger partial charge on any atom is -0.478 e. The van der Waals surface area contributed by atoms with Crippen LogP contribution in [-0.2, 0) is 10.0 Å². The van der Waals surface area contributed by atoms with E-state index >= 15 is 0 Å². The zero-order valence-corrected chi connectivity index (χ0v) is 11.0. The topological polar surface area (TPSA) is 124 Å². The van der Waals surface area contributed by atoms with Gasteiger partial charge in [0.2, 0.25) is 10.0 Å². The number of carboxylic acids is 1. The zero-order chi connectivity index (χ0) is 14.6. The van der Waals surface area contributed by atoms with Gasteiger partial charge >= 0.3 is 5.97 Å². The van der Waals surface area contributed by atoms with Crippen molar-refractivity contribution in [2.24, 2.45) is 0 Å². The Labute approximate surface area is 110 Å². The molecule has 106 valence electrons. The molecule has 0 aromatic heterocycles. The molecule has 0 aliphatic carbocycles. The van der Waals surface area contributed by atoms with Crippen LogP contribution in [0.4, 0.5) is 0 Å². The lowest BCUT2D eigenvalue weighted by molar-refractivity contribution is 0.0696. The van der Waals surface area contributed by atoms with E-state index < -0.39 is 35.2 Å². The number of nitrogens with one attached hydrogen (secondary N) is 1. The van der Waals surface area contributed by atoms with E-state index in [-0.39, 0.29) is 10.5 Å². The normalized spacial score (nSPS) is 11.8. The summed E-state index contributed by atoms with van der Waals surface area (Å²) in [7, 11) is -4.00. The molecule has 0 unspecified atom stereocenters. The average molecular weight is 289 g/mol. The van der Waals surface area contributed by atoms with Crippen LogP contribution in [0.25, 0.3) is 0 Å². The summed E-state index contributed by atoms with van der Waals surface area (Å²) in [6.45, 7) is 0.397. The van der Waals surface area contributed by atoms with Crippen LogP contribution >= 0.6 is 0 Å². The first-order chi connectivity index (χ1) is 8.81. The maximum atomic E-state index is 12.0. The van der Waals surface area contributed by atoms with Crippen LogP contribution in [0.15, 0.2) is 23.1 Å². The maximum absolute atomic E-state index is 12.0. The molecule has 0 radical (unpaired) electrons. The highest BCUT2D eigenvalue weighted by molar-refractivity contribution is 7.89. The monoisotopic (exact) mass is 289 g/mol. The molecule has 0 spiro atoms. The lowest BCUT2D eigenvalue weighted by Crippen LogP contribution is -2.40. The van der Waals surface area contributed by atoms with Gasteiger partial charge in [-0.3, -0.25) is 0 Å². The van der Waals surface area contributed by atoms with Gasteiger partial charge in [0.05, 0.1) is 29.7 Å². The second-order valence-corrected chi connectivity index (χ2v) is 5.65. The number of aromatic carboxylic acids is 1. The molecule has 1 rings (SSSR count). The van der Waals surface area contributed by atoms with Crippen molar-refractivity contribution in [1.82, 2.24) is 4.72 Å². The largest absolute Gasteiger partial charge is 0.478 e. The molecule has 0 atom stereocenters. The number of benzene rings is 1. The first-order valence-corrected chi connectivity index (χ1v) is 6.88. The first-order valence-electron chi connectivity index (χ1n) is 5.39. The molecule has 0 amide bonds. The smallest absolute Gasteiger partial charge is 0.335 e. The third-order valence-corrected chi connectivity index (χ3v) is 4.15. The van der Waals surface area contributed by atoms with Gasteiger partial charge in [0, 0.05) is 0 Å². The van der Waals surface area contributed by atoms with Gasteiger partial charge in [-0.1, -0.05) is 6.07 Å². The number of hydrogen-bond acceptors (Lipinski definition) is 5. The van der Waals surface area contributed by atoms with Crippen LogP contribution in [-0.4, -0.2) is 49.0 Å². The highest BCUT2D eigenvalue weighted by atomic mass is 32.2. The molecule has 1 aromatic rings. The molecule has 0 saturated carbocycles. The number of sulfonamides is 1. The van der Waals surface area contributed by atoms with E-state index in [1.165, 1.54) is 19.1 Å². The van der Waals surface area contributed by atoms with E-state index in [4.69, 9.17) is 15.3 Å². The number of aliphatic hydroxyl groups is 2. The molecule has 8 heteroatoms. The summed E-state index contributed by atoms with van der Waals surface area (Å²) in [6, 6.07) is 2.68. The Bertz CT molecular complexity index is 565. The number of hydrogen-bond donors (Lipinski definition) is 4. The Balaban J connectivity index is 3.20. The number of rotatable bonds is 6. The molecule has 19 heavy (non-hydrogen) atoms. The fraction of sp³-hybridized carbons (Fsp3) is 0.364. The van der Waals surface area contributed by atoms with E-state index in [1.54, 1.807) is 0 Å². The summed E-state index contributed by atoms with van der Waals surface area (Å²) in [6.07, 6.45) is 0. The Morgan fingerprint density at radius 3 is 2.37 bits per heavy atom. The van der Waals surface area contributed by atoms with Gasteiger partial charge in [0.15, 0.2) is 0 Å². The van der Waals surface area contributed by atoms with E-state index in [0.717, 1.165) is 6.07 Å². The van der Waals surface area contributed by atoms with Crippen molar-refractivity contribution in [3.63, 3.8) is 0 Å². The summed E-state index contributed by atoms with van der Waals surface area (Å²) < 4.78 is 26.2. The van der Waals surface area contributed by atoms with Crippen molar-refractivity contribution < 1.29 is 28.5 Å². The molecule has 0 aliphatic rings. The highest BCUT2D eigenvalue weighted by Crippen LogP contribution is 2.17. The van der Waals surface area contributed by atoms with Crippen LogP contribution in [0.5, 0.6) is 0 Å². The summed E-state index contributed by atoms with van der Waals surface area (Å²) in [4.78, 5) is 10.6. The molecule has 0 aliphatic heterocycles. The van der Waals surface area contributed by atoms with Crippen LogP contribution < -0.4 is 4.72 Å². The third-order valence-electron chi connectivity index (χ3n) is 2.49. The summed E-state index contributed by atoms with van der Waals surface area (Å²) in [5, 5.41) is 26.6. The highest BCUT2D eigenvalue weighted by Gasteiger charge is 2.22.